The second kappa shape index (κ2) is 4.26. The Kier molecular flexibility index (Phi) is 2.98. The molecule has 0 N–H and O–H groups in total. The Morgan fingerprint density at radius 2 is 1.70 bits per heavy atom. The first-order valence-electron chi connectivity index (χ1n) is 6.91. The van der Waals surface area contributed by atoms with E-state index in [-0.39, 0.29) is 10.8 Å². The van der Waals surface area contributed by atoms with Crippen LogP contribution in [0, 0.1) is 3.83 Å². The smallest absolute Gasteiger partial charge is 0.191 e. The largest absolute Gasteiger partial charge is 0.227 e. The van der Waals surface area contributed by atoms with Gasteiger partial charge in [0.1, 0.15) is 0 Å². The third-order valence-electron chi connectivity index (χ3n) is 4.07. The minimum atomic E-state index is -0.0289. The Balaban J connectivity index is 2.43. The van der Waals surface area contributed by atoms with E-state index < -0.39 is 0 Å². The summed E-state index contributed by atoms with van der Waals surface area (Å²) in [6.07, 6.45) is 0. The van der Waals surface area contributed by atoms with Crippen molar-refractivity contribution in [3.63, 3.8) is 0 Å². The Hall–Kier alpha value is -0.970. The van der Waals surface area contributed by atoms with Gasteiger partial charge < -0.3 is 0 Å². The van der Waals surface area contributed by atoms with Crippen molar-refractivity contribution in [1.29, 1.82) is 0 Å². The van der Waals surface area contributed by atoms with Gasteiger partial charge in [-0.1, -0.05) is 58.9 Å². The van der Waals surface area contributed by atoms with Crippen LogP contribution in [0.4, 0.5) is 0 Å². The van der Waals surface area contributed by atoms with Gasteiger partial charge in [0.25, 0.3) is 0 Å². The van der Waals surface area contributed by atoms with Crippen molar-refractivity contribution in [2.45, 2.75) is 45.4 Å². The number of aromatic nitrogens is 2. The van der Waals surface area contributed by atoms with Crippen molar-refractivity contribution in [3.8, 4) is 11.3 Å². The maximum absolute atomic E-state index is 4.77. The standard InChI is InChI=1S/C17H19IN2/c1-16(2,3)14-12-13(19-15(18)20-14)10-8-6-7-9-11(10)17(12,4)5/h6-9H,1-5H3. The molecule has 0 atom stereocenters. The molecule has 0 spiro atoms. The van der Waals surface area contributed by atoms with Gasteiger partial charge in [-0.05, 0) is 5.56 Å². The number of fused-ring (bicyclic) bond motifs is 3. The second-order valence-electron chi connectivity index (χ2n) is 6.99. The van der Waals surface area contributed by atoms with Crippen molar-refractivity contribution in [3.05, 3.63) is 44.9 Å². The number of halogens is 1. The fourth-order valence-corrected chi connectivity index (χ4v) is 3.61. The van der Waals surface area contributed by atoms with Crippen LogP contribution in [0.3, 0.4) is 0 Å². The zero-order valence-corrected chi connectivity index (χ0v) is 14.7. The fourth-order valence-electron chi connectivity index (χ4n) is 3.13. The summed E-state index contributed by atoms with van der Waals surface area (Å²) in [7, 11) is 0. The number of benzene rings is 1. The molecule has 0 unspecified atom stereocenters. The minimum Gasteiger partial charge on any atom is -0.227 e. The molecule has 1 aromatic heterocycles. The molecule has 0 aliphatic heterocycles. The molecule has 104 valence electrons. The zero-order chi connectivity index (χ0) is 14.7. The Bertz CT molecular complexity index is 697. The van der Waals surface area contributed by atoms with Gasteiger partial charge in [0.2, 0.25) is 0 Å². The van der Waals surface area contributed by atoms with Crippen LogP contribution >= 0.6 is 22.6 Å². The van der Waals surface area contributed by atoms with E-state index in [1.165, 1.54) is 22.4 Å². The monoisotopic (exact) mass is 378 g/mol. The minimum absolute atomic E-state index is 0.0201. The lowest BCUT2D eigenvalue weighted by Crippen LogP contribution is -2.25. The molecule has 0 saturated heterocycles. The van der Waals surface area contributed by atoms with Crippen LogP contribution in [0.5, 0.6) is 0 Å². The third kappa shape index (κ3) is 1.90. The molecule has 0 bridgehead atoms. The van der Waals surface area contributed by atoms with Crippen LogP contribution in [0.15, 0.2) is 24.3 Å². The molecule has 3 heteroatoms. The summed E-state index contributed by atoms with van der Waals surface area (Å²) in [5, 5.41) is 0. The van der Waals surface area contributed by atoms with E-state index >= 15 is 0 Å². The fraction of sp³-hybridized carbons (Fsp3) is 0.412. The molecule has 0 fully saturated rings. The summed E-state index contributed by atoms with van der Waals surface area (Å²) in [5.74, 6) is 0. The Labute approximate surface area is 134 Å². The van der Waals surface area contributed by atoms with E-state index in [1.54, 1.807) is 0 Å². The molecule has 20 heavy (non-hydrogen) atoms. The summed E-state index contributed by atoms with van der Waals surface area (Å²) in [5.41, 5.74) is 6.20. The van der Waals surface area contributed by atoms with Crippen molar-refractivity contribution >= 4 is 22.6 Å². The lowest BCUT2D eigenvalue weighted by Gasteiger charge is -2.28. The summed E-state index contributed by atoms with van der Waals surface area (Å²) < 4.78 is 0.832. The molecular formula is C17H19IN2. The van der Waals surface area contributed by atoms with Gasteiger partial charge in [0.15, 0.2) is 3.83 Å². The number of hydrogen-bond acceptors (Lipinski definition) is 2. The van der Waals surface area contributed by atoms with E-state index in [2.05, 4.69) is 81.5 Å². The summed E-state index contributed by atoms with van der Waals surface area (Å²) in [4.78, 5) is 9.51. The van der Waals surface area contributed by atoms with Crippen molar-refractivity contribution in [2.75, 3.05) is 0 Å². The van der Waals surface area contributed by atoms with Gasteiger partial charge in [0.05, 0.1) is 11.4 Å². The van der Waals surface area contributed by atoms with Crippen LogP contribution < -0.4 is 0 Å². The van der Waals surface area contributed by atoms with Gasteiger partial charge in [-0.3, -0.25) is 0 Å². The molecule has 1 aromatic carbocycles. The van der Waals surface area contributed by atoms with E-state index in [0.717, 1.165) is 9.53 Å². The van der Waals surface area contributed by atoms with Gasteiger partial charge in [-0.25, -0.2) is 9.97 Å². The highest BCUT2D eigenvalue weighted by atomic mass is 127. The van der Waals surface area contributed by atoms with Crippen LogP contribution in [0.25, 0.3) is 11.3 Å². The predicted molar refractivity (Wildman–Crippen MR) is 91.0 cm³/mol. The molecule has 2 nitrogen and oxygen atoms in total. The molecule has 1 aliphatic rings. The molecule has 0 radical (unpaired) electrons. The lowest BCUT2D eigenvalue weighted by atomic mass is 9.77. The Morgan fingerprint density at radius 3 is 2.35 bits per heavy atom. The highest BCUT2D eigenvalue weighted by molar-refractivity contribution is 14.1. The number of rotatable bonds is 0. The number of hydrogen-bond donors (Lipinski definition) is 0. The first-order chi connectivity index (χ1) is 9.23. The molecule has 2 aromatic rings. The molecule has 1 heterocycles. The maximum Gasteiger partial charge on any atom is 0.191 e. The average molecular weight is 378 g/mol. The highest BCUT2D eigenvalue weighted by Crippen LogP contribution is 2.50. The summed E-state index contributed by atoms with van der Waals surface area (Å²) >= 11 is 2.23. The highest BCUT2D eigenvalue weighted by Gasteiger charge is 2.41. The summed E-state index contributed by atoms with van der Waals surface area (Å²) in [6.45, 7) is 11.2. The Morgan fingerprint density at radius 1 is 1.05 bits per heavy atom. The van der Waals surface area contributed by atoms with Gasteiger partial charge in [0, 0.05) is 44.5 Å². The first-order valence-corrected chi connectivity index (χ1v) is 7.99. The van der Waals surface area contributed by atoms with Crippen LogP contribution in [-0.4, -0.2) is 9.97 Å². The van der Waals surface area contributed by atoms with Crippen molar-refractivity contribution < 1.29 is 0 Å². The van der Waals surface area contributed by atoms with Gasteiger partial charge in [-0.2, -0.15) is 0 Å². The first kappa shape index (κ1) is 14.0. The van der Waals surface area contributed by atoms with Crippen molar-refractivity contribution in [2.24, 2.45) is 0 Å². The van der Waals surface area contributed by atoms with E-state index in [4.69, 9.17) is 9.97 Å². The quantitative estimate of drug-likeness (QED) is 0.491. The molecule has 0 amide bonds. The summed E-state index contributed by atoms with van der Waals surface area (Å²) in [6, 6.07) is 8.60. The normalized spacial score (nSPS) is 15.9. The van der Waals surface area contributed by atoms with Crippen molar-refractivity contribution in [1.82, 2.24) is 9.97 Å². The van der Waals surface area contributed by atoms with Gasteiger partial charge in [-0.15, -0.1) is 0 Å². The van der Waals surface area contributed by atoms with E-state index in [1.807, 2.05) is 0 Å². The topological polar surface area (TPSA) is 25.8 Å². The average Bonchev–Trinajstić information content (AvgIpc) is 2.57. The molecule has 1 aliphatic carbocycles. The van der Waals surface area contributed by atoms with Crippen LogP contribution in [0.1, 0.15) is 51.4 Å². The second-order valence-corrected chi connectivity index (χ2v) is 7.95. The number of nitrogens with zero attached hydrogens (tertiary/aromatic N) is 2. The van der Waals surface area contributed by atoms with Gasteiger partial charge >= 0.3 is 0 Å². The molecule has 0 saturated carbocycles. The van der Waals surface area contributed by atoms with Crippen LogP contribution in [0.2, 0.25) is 0 Å². The maximum atomic E-state index is 4.77. The van der Waals surface area contributed by atoms with E-state index in [0.29, 0.717) is 0 Å². The molecular weight excluding hydrogens is 359 g/mol. The SMILES string of the molecule is CC(C)(C)c1nc(I)nc2c1C(C)(C)c1ccccc1-2. The lowest BCUT2D eigenvalue weighted by molar-refractivity contribution is 0.532. The van der Waals surface area contributed by atoms with Crippen LogP contribution in [-0.2, 0) is 10.8 Å². The molecule has 3 rings (SSSR count). The zero-order valence-electron chi connectivity index (χ0n) is 12.6. The van der Waals surface area contributed by atoms with E-state index in [9.17, 15) is 0 Å². The predicted octanol–water partition coefficient (Wildman–Crippen LogP) is 4.69. The third-order valence-corrected chi connectivity index (χ3v) is 4.56.